The Labute approximate surface area is 124 Å². The number of ether oxygens (including phenoxy) is 2. The van der Waals surface area contributed by atoms with Crippen molar-refractivity contribution in [3.05, 3.63) is 17.7 Å². The van der Waals surface area contributed by atoms with Crippen molar-refractivity contribution in [1.29, 1.82) is 0 Å². The van der Waals surface area contributed by atoms with Crippen LogP contribution in [0.2, 0.25) is 0 Å². The largest absolute Gasteiger partial charge is 0.497 e. The zero-order valence-corrected chi connectivity index (χ0v) is 13.1. The molecule has 0 spiro atoms. The maximum absolute atomic E-state index is 10.8. The average Bonchev–Trinajstić information content (AvgIpc) is 2.38. The molecule has 0 aliphatic rings. The molecule has 0 fully saturated rings. The third kappa shape index (κ3) is 5.41. The van der Waals surface area contributed by atoms with Gasteiger partial charge in [0.15, 0.2) is 0 Å². The van der Waals surface area contributed by atoms with Crippen LogP contribution in [0.3, 0.4) is 0 Å². The molecule has 0 aliphatic heterocycles. The van der Waals surface area contributed by atoms with Gasteiger partial charge in [-0.05, 0) is 6.92 Å². The Morgan fingerprint density at radius 2 is 1.95 bits per heavy atom. The van der Waals surface area contributed by atoms with E-state index < -0.39 is 22.0 Å². The molecule has 0 amide bonds. The number of nitrogens with one attached hydrogen (secondary N) is 1. The highest BCUT2D eigenvalue weighted by Gasteiger charge is 2.20. The number of methoxy groups -OCH3 is 2. The molecule has 1 aromatic rings. The Kier molecular flexibility index (Phi) is 6.25. The first-order valence-electron chi connectivity index (χ1n) is 6.42. The van der Waals surface area contributed by atoms with Crippen LogP contribution in [-0.2, 0) is 16.5 Å². The highest BCUT2D eigenvalue weighted by Crippen LogP contribution is 2.33. The van der Waals surface area contributed by atoms with Crippen molar-refractivity contribution in [1.82, 2.24) is 0 Å². The van der Waals surface area contributed by atoms with E-state index in [9.17, 15) is 13.5 Å². The van der Waals surface area contributed by atoms with Crippen LogP contribution in [0.15, 0.2) is 12.1 Å². The average molecular weight is 319 g/mol. The molecule has 21 heavy (non-hydrogen) atoms. The minimum absolute atomic E-state index is 0.0231. The minimum Gasteiger partial charge on any atom is -0.497 e. The van der Waals surface area contributed by atoms with E-state index >= 15 is 0 Å². The molecule has 120 valence electrons. The van der Waals surface area contributed by atoms with Gasteiger partial charge in [0.2, 0.25) is 0 Å². The molecule has 1 rings (SSSR count). The summed E-state index contributed by atoms with van der Waals surface area (Å²) < 4.78 is 40.9. The van der Waals surface area contributed by atoms with Gasteiger partial charge in [-0.25, -0.2) is 0 Å². The topological polar surface area (TPSA) is 105 Å². The summed E-state index contributed by atoms with van der Waals surface area (Å²) >= 11 is 0. The van der Waals surface area contributed by atoms with Crippen LogP contribution < -0.4 is 14.8 Å². The van der Waals surface area contributed by atoms with E-state index in [1.54, 1.807) is 12.1 Å². The van der Waals surface area contributed by atoms with Gasteiger partial charge in [-0.1, -0.05) is 0 Å². The quantitative estimate of drug-likeness (QED) is 0.612. The molecule has 0 saturated carbocycles. The molecule has 0 heterocycles. The summed E-state index contributed by atoms with van der Waals surface area (Å²) in [6, 6.07) is 3.39. The predicted molar refractivity (Wildman–Crippen MR) is 79.8 cm³/mol. The van der Waals surface area contributed by atoms with Crippen LogP contribution in [0.1, 0.15) is 12.5 Å². The van der Waals surface area contributed by atoms with E-state index in [0.717, 1.165) is 0 Å². The van der Waals surface area contributed by atoms with Crippen LogP contribution >= 0.6 is 0 Å². The van der Waals surface area contributed by atoms with Gasteiger partial charge in [0.25, 0.3) is 10.1 Å². The lowest BCUT2D eigenvalue weighted by atomic mass is 10.0. The van der Waals surface area contributed by atoms with Crippen molar-refractivity contribution in [2.75, 3.05) is 31.8 Å². The molecule has 0 aliphatic carbocycles. The smallest absolute Gasteiger partial charge is 0.267 e. The highest BCUT2D eigenvalue weighted by atomic mass is 32.2. The molecule has 0 saturated heterocycles. The number of aliphatic hydroxyl groups is 1. The molecule has 1 aromatic carbocycles. The SMILES string of the molecule is CCNc1cc(OC)cc(OC)c1CC(O)CS(=O)(=O)O. The van der Waals surface area contributed by atoms with E-state index in [1.165, 1.54) is 14.2 Å². The van der Waals surface area contributed by atoms with Gasteiger partial charge in [-0.15, -0.1) is 0 Å². The number of hydrogen-bond donors (Lipinski definition) is 3. The summed E-state index contributed by atoms with van der Waals surface area (Å²) in [5, 5.41) is 12.9. The van der Waals surface area contributed by atoms with Crippen molar-refractivity contribution < 1.29 is 27.6 Å². The number of rotatable bonds is 8. The number of benzene rings is 1. The Bertz CT molecular complexity index is 572. The van der Waals surface area contributed by atoms with Crippen molar-refractivity contribution in [3.8, 4) is 11.5 Å². The van der Waals surface area contributed by atoms with E-state index in [4.69, 9.17) is 14.0 Å². The van der Waals surface area contributed by atoms with E-state index in [2.05, 4.69) is 5.32 Å². The van der Waals surface area contributed by atoms with Gasteiger partial charge < -0.3 is 19.9 Å². The predicted octanol–water partition coefficient (Wildman–Crippen LogP) is 0.927. The first-order valence-corrected chi connectivity index (χ1v) is 8.03. The molecule has 0 aromatic heterocycles. The fraction of sp³-hybridized carbons (Fsp3) is 0.538. The van der Waals surface area contributed by atoms with Crippen molar-refractivity contribution in [2.24, 2.45) is 0 Å². The fourth-order valence-corrected chi connectivity index (χ4v) is 2.62. The first-order chi connectivity index (χ1) is 9.80. The monoisotopic (exact) mass is 319 g/mol. The van der Waals surface area contributed by atoms with Crippen LogP contribution in [0.4, 0.5) is 5.69 Å². The van der Waals surface area contributed by atoms with Gasteiger partial charge in [-0.3, -0.25) is 4.55 Å². The second-order valence-corrected chi connectivity index (χ2v) is 5.99. The van der Waals surface area contributed by atoms with Crippen LogP contribution in [0.5, 0.6) is 11.5 Å². The van der Waals surface area contributed by atoms with Gasteiger partial charge in [0, 0.05) is 36.3 Å². The number of aliphatic hydroxyl groups excluding tert-OH is 1. The lowest BCUT2D eigenvalue weighted by Gasteiger charge is -2.18. The zero-order valence-electron chi connectivity index (χ0n) is 12.3. The summed E-state index contributed by atoms with van der Waals surface area (Å²) in [6.45, 7) is 2.54. The van der Waals surface area contributed by atoms with Crippen molar-refractivity contribution in [3.63, 3.8) is 0 Å². The second kappa shape index (κ2) is 7.48. The van der Waals surface area contributed by atoms with Gasteiger partial charge in [0.05, 0.1) is 20.3 Å². The van der Waals surface area contributed by atoms with E-state index in [-0.39, 0.29) is 6.42 Å². The lowest BCUT2D eigenvalue weighted by Crippen LogP contribution is -2.23. The maximum atomic E-state index is 10.8. The van der Waals surface area contributed by atoms with Gasteiger partial charge in [-0.2, -0.15) is 8.42 Å². The van der Waals surface area contributed by atoms with Gasteiger partial charge >= 0.3 is 0 Å². The summed E-state index contributed by atoms with van der Waals surface area (Å²) in [5.41, 5.74) is 1.30. The molecular formula is C13H21NO6S. The molecule has 0 bridgehead atoms. The van der Waals surface area contributed by atoms with E-state index in [1.807, 2.05) is 6.92 Å². The first kappa shape index (κ1) is 17.5. The summed E-state index contributed by atoms with van der Waals surface area (Å²) in [5.74, 6) is 0.323. The molecule has 1 unspecified atom stereocenters. The molecule has 7 nitrogen and oxygen atoms in total. The standard InChI is InChI=1S/C13H21NO6S/c1-4-14-12-6-10(19-2)7-13(20-3)11(12)5-9(15)8-21(16,17)18/h6-7,9,14-15H,4-5,8H2,1-3H3,(H,16,17,18). The molecular weight excluding hydrogens is 298 g/mol. The number of hydrogen-bond acceptors (Lipinski definition) is 6. The highest BCUT2D eigenvalue weighted by molar-refractivity contribution is 7.85. The molecule has 8 heteroatoms. The van der Waals surface area contributed by atoms with Crippen molar-refractivity contribution in [2.45, 2.75) is 19.4 Å². The summed E-state index contributed by atoms with van der Waals surface area (Å²) in [6.07, 6.45) is -1.21. The van der Waals surface area contributed by atoms with Crippen LogP contribution in [0.25, 0.3) is 0 Å². The zero-order chi connectivity index (χ0) is 16.0. The normalized spacial score (nSPS) is 12.8. The molecule has 3 N–H and O–H groups in total. The third-order valence-corrected chi connectivity index (χ3v) is 3.65. The number of anilines is 1. The minimum atomic E-state index is -4.24. The Hall–Kier alpha value is -1.51. The second-order valence-electron chi connectivity index (χ2n) is 4.49. The van der Waals surface area contributed by atoms with Crippen LogP contribution in [0, 0.1) is 0 Å². The lowest BCUT2D eigenvalue weighted by molar-refractivity contribution is 0.194. The Morgan fingerprint density at radius 3 is 2.43 bits per heavy atom. The van der Waals surface area contributed by atoms with Crippen molar-refractivity contribution >= 4 is 15.8 Å². The summed E-state index contributed by atoms with van der Waals surface area (Å²) in [4.78, 5) is 0. The fourth-order valence-electron chi connectivity index (χ4n) is 2.02. The Balaban J connectivity index is 3.13. The third-order valence-electron chi connectivity index (χ3n) is 2.85. The Morgan fingerprint density at radius 1 is 1.29 bits per heavy atom. The maximum Gasteiger partial charge on any atom is 0.267 e. The van der Waals surface area contributed by atoms with E-state index in [0.29, 0.717) is 29.3 Å². The van der Waals surface area contributed by atoms with Gasteiger partial charge in [0.1, 0.15) is 17.3 Å². The summed E-state index contributed by atoms with van der Waals surface area (Å²) in [7, 11) is -1.24. The molecule has 0 radical (unpaired) electrons. The molecule has 1 atom stereocenters. The van der Waals surface area contributed by atoms with Crippen LogP contribution in [-0.4, -0.2) is 50.7 Å².